The van der Waals surface area contributed by atoms with Gasteiger partial charge in [-0.1, -0.05) is 203 Å². The predicted molar refractivity (Wildman–Crippen MR) is 356 cm³/mol. The summed E-state index contributed by atoms with van der Waals surface area (Å²) in [6.07, 6.45) is 29.6. The first-order valence-electron chi connectivity index (χ1n) is 35.3. The molecule has 0 bridgehead atoms. The highest BCUT2D eigenvalue weighted by Crippen LogP contribution is 2.42. The third-order valence-electron chi connectivity index (χ3n) is 22.7. The molecule has 9 aliphatic carbocycles. The van der Waals surface area contributed by atoms with Gasteiger partial charge in [0.15, 0.2) is 0 Å². The van der Waals surface area contributed by atoms with E-state index in [-0.39, 0.29) is 17.7 Å². The molecule has 9 fully saturated rings. The summed E-state index contributed by atoms with van der Waals surface area (Å²) in [5, 5.41) is 0. The highest BCUT2D eigenvalue weighted by Gasteiger charge is 2.37. The molecule has 0 heterocycles. The molecule has 0 atom stereocenters. The Morgan fingerprint density at radius 1 is 0.259 bits per heavy atom. The van der Waals surface area contributed by atoms with Crippen LogP contribution in [0.3, 0.4) is 0 Å². The minimum atomic E-state index is 0.196. The first kappa shape index (κ1) is 77.4. The van der Waals surface area contributed by atoms with Gasteiger partial charge < -0.3 is 14.7 Å². The van der Waals surface area contributed by atoms with Crippen LogP contribution in [0.4, 0.5) is 0 Å². The number of hydrogen-bond donors (Lipinski definition) is 0. The second-order valence-corrected chi connectivity index (χ2v) is 32.3. The van der Waals surface area contributed by atoms with Crippen LogP contribution in [0.25, 0.3) is 0 Å². The number of carbonyl (C=O) groups is 3. The molecule has 0 radical (unpaired) electrons. The quantitative estimate of drug-likeness (QED) is 0.196. The maximum Gasteiger partial charge on any atom is 0.219 e. The number of amides is 3. The van der Waals surface area contributed by atoms with Crippen LogP contribution in [0.1, 0.15) is 301 Å². The van der Waals surface area contributed by atoms with E-state index in [1.165, 1.54) is 135 Å². The second-order valence-electron chi connectivity index (χ2n) is 32.3. The first-order chi connectivity index (χ1) is 37.6. The van der Waals surface area contributed by atoms with Crippen molar-refractivity contribution in [3.8, 4) is 0 Å². The molecule has 0 spiro atoms. The Bertz CT molecular complexity index is 1430. The van der Waals surface area contributed by atoms with Crippen LogP contribution >= 0.6 is 0 Å². The molecule has 6 heteroatoms. The lowest BCUT2D eigenvalue weighted by Gasteiger charge is -2.42. The van der Waals surface area contributed by atoms with Crippen LogP contribution in [-0.2, 0) is 14.4 Å². The van der Waals surface area contributed by atoms with Crippen LogP contribution in [0.15, 0.2) is 0 Å². The summed E-state index contributed by atoms with van der Waals surface area (Å²) in [7, 11) is 5.72. The lowest BCUT2D eigenvalue weighted by molar-refractivity contribution is -0.133. The summed E-state index contributed by atoms with van der Waals surface area (Å²) in [4.78, 5) is 38.6. The Kier molecular flexibility index (Phi) is 37.5. The normalized spacial score (nSPS) is 29.6. The van der Waals surface area contributed by atoms with Crippen molar-refractivity contribution in [3.05, 3.63) is 0 Å². The predicted octanol–water partition coefficient (Wildman–Crippen LogP) is 21.1. The molecule has 6 nitrogen and oxygen atoms in total. The van der Waals surface area contributed by atoms with E-state index in [1.54, 1.807) is 20.8 Å². The number of nitrogens with zero attached hydrogens (tertiary/aromatic N) is 3. The average molecular weight is 1140 g/mol. The molecular weight excluding hydrogens is 991 g/mol. The minimum absolute atomic E-state index is 0.196. The van der Waals surface area contributed by atoms with E-state index in [4.69, 9.17) is 0 Å². The van der Waals surface area contributed by atoms with Crippen molar-refractivity contribution in [3.63, 3.8) is 0 Å². The van der Waals surface area contributed by atoms with Crippen LogP contribution in [0.2, 0.25) is 0 Å². The summed E-state index contributed by atoms with van der Waals surface area (Å²) in [6.45, 7) is 53.4. The highest BCUT2D eigenvalue weighted by atomic mass is 16.2. The fourth-order valence-corrected chi connectivity index (χ4v) is 13.1. The first-order valence-corrected chi connectivity index (χ1v) is 35.3. The van der Waals surface area contributed by atoms with Crippen LogP contribution < -0.4 is 0 Å². The second kappa shape index (κ2) is 39.3. The van der Waals surface area contributed by atoms with Crippen molar-refractivity contribution < 1.29 is 14.4 Å². The molecule has 9 aliphatic rings. The summed E-state index contributed by atoms with van der Waals surface area (Å²) >= 11 is 0. The maximum atomic E-state index is 11.0. The molecule has 0 saturated heterocycles. The van der Waals surface area contributed by atoms with E-state index in [0.717, 1.165) is 124 Å². The van der Waals surface area contributed by atoms with E-state index in [0.29, 0.717) is 18.1 Å². The Morgan fingerprint density at radius 2 is 0.395 bits per heavy atom. The summed E-state index contributed by atoms with van der Waals surface area (Å²) in [5.41, 5.74) is 0. The SMILES string of the molecule is CC(=O)N(C)C1CC(C(C)C)C1.CC(=O)N(C)C1CC(C(C)C)C1.CC(=O)N(C)C1CC(C(C)C)C1.CC(C)C1CCC1.CC(C)C1CCC1.CC(C)C1CCC1.CC1CC(C(C)C)C1.CC1CC(C(C)C)C1.CC1CC(C(C)C)C1. The summed E-state index contributed by atoms with van der Waals surface area (Å²) < 4.78 is 0. The molecule has 3 amide bonds. The van der Waals surface area contributed by atoms with E-state index in [2.05, 4.69) is 145 Å². The summed E-state index contributed by atoms with van der Waals surface area (Å²) in [5.74, 6) is 20.6. The van der Waals surface area contributed by atoms with Crippen molar-refractivity contribution in [2.75, 3.05) is 21.1 Å². The molecule has 0 aliphatic heterocycles. The zero-order valence-electron chi connectivity index (χ0n) is 59.8. The molecule has 9 saturated carbocycles. The highest BCUT2D eigenvalue weighted by molar-refractivity contribution is 5.74. The Labute approximate surface area is 509 Å². The van der Waals surface area contributed by atoms with Crippen molar-refractivity contribution >= 4 is 17.7 Å². The van der Waals surface area contributed by atoms with Gasteiger partial charge in [0.25, 0.3) is 0 Å². The van der Waals surface area contributed by atoms with Crippen LogP contribution in [0.5, 0.6) is 0 Å². The number of hydrogen-bond acceptors (Lipinski definition) is 3. The smallest absolute Gasteiger partial charge is 0.219 e. The number of carbonyl (C=O) groups excluding carboxylic acids is 3. The standard InChI is InChI=1S/3C10H19NO.3C8H16.3C7H14/c3*1-7(2)9-5-10(6-9)11(4)8(3)12;3*1-6(2)8-4-7(3)5-8;3*1-6(2)7-4-3-5-7/h3*7,9-10H,5-6H2,1-4H3;3*6-8H,4-5H2,1-3H3;3*6-7H,3-5H2,1-2H3. The van der Waals surface area contributed by atoms with Crippen molar-refractivity contribution in [2.24, 2.45) is 124 Å². The van der Waals surface area contributed by atoms with Crippen molar-refractivity contribution in [1.29, 1.82) is 0 Å². The Balaban J connectivity index is 0.000000459. The lowest BCUT2D eigenvalue weighted by Crippen LogP contribution is -2.46. The molecule has 0 aromatic rings. The van der Waals surface area contributed by atoms with Gasteiger partial charge in [-0.15, -0.1) is 0 Å². The van der Waals surface area contributed by atoms with Gasteiger partial charge in [-0.2, -0.15) is 0 Å². The monoisotopic (exact) mass is 1140 g/mol. The molecule has 81 heavy (non-hydrogen) atoms. The van der Waals surface area contributed by atoms with Gasteiger partial charge in [0.05, 0.1) is 0 Å². The zero-order chi connectivity index (χ0) is 62.2. The fourth-order valence-electron chi connectivity index (χ4n) is 13.1. The van der Waals surface area contributed by atoms with Gasteiger partial charge >= 0.3 is 0 Å². The van der Waals surface area contributed by atoms with Gasteiger partial charge in [0.2, 0.25) is 17.7 Å². The number of rotatable bonds is 12. The molecule has 0 N–H and O–H groups in total. The molecule has 0 unspecified atom stereocenters. The van der Waals surface area contributed by atoms with Crippen LogP contribution in [0, 0.1) is 124 Å². The molecular formula is C75H147N3O3. The Hall–Kier alpha value is -1.59. The Morgan fingerprint density at radius 3 is 0.457 bits per heavy atom. The zero-order valence-corrected chi connectivity index (χ0v) is 59.8. The third kappa shape index (κ3) is 29.6. The van der Waals surface area contributed by atoms with Gasteiger partial charge in [0, 0.05) is 60.0 Å². The lowest BCUT2D eigenvalue weighted by atomic mass is 9.71. The molecule has 0 aromatic carbocycles. The maximum absolute atomic E-state index is 11.0. The van der Waals surface area contributed by atoms with E-state index in [1.807, 2.05) is 35.8 Å². The van der Waals surface area contributed by atoms with Gasteiger partial charge in [-0.05, 0) is 201 Å². The summed E-state index contributed by atoms with van der Waals surface area (Å²) in [6, 6.07) is 1.57. The average Bonchev–Trinajstić information content (AvgIpc) is 3.20. The van der Waals surface area contributed by atoms with E-state index < -0.39 is 0 Å². The molecule has 480 valence electrons. The third-order valence-corrected chi connectivity index (χ3v) is 22.7. The van der Waals surface area contributed by atoms with E-state index >= 15 is 0 Å². The van der Waals surface area contributed by atoms with E-state index in [9.17, 15) is 14.4 Å². The van der Waals surface area contributed by atoms with Gasteiger partial charge in [-0.3, -0.25) is 14.4 Å². The van der Waals surface area contributed by atoms with Crippen LogP contribution in [-0.4, -0.2) is 71.7 Å². The van der Waals surface area contributed by atoms with Gasteiger partial charge in [-0.25, -0.2) is 0 Å². The fraction of sp³-hybridized carbons (Fsp3) is 0.960. The topological polar surface area (TPSA) is 60.9 Å². The minimum Gasteiger partial charge on any atom is -0.343 e. The van der Waals surface area contributed by atoms with Gasteiger partial charge in [0.1, 0.15) is 0 Å². The molecule has 9 rings (SSSR count). The van der Waals surface area contributed by atoms with Crippen molar-refractivity contribution in [2.45, 2.75) is 319 Å². The molecule has 0 aromatic heterocycles. The van der Waals surface area contributed by atoms with Crippen molar-refractivity contribution in [1.82, 2.24) is 14.7 Å². The largest absolute Gasteiger partial charge is 0.343 e.